The average Bonchev–Trinajstić information content (AvgIpc) is 3.14. The number of hydrogen-bond donors (Lipinski definition) is 0. The predicted octanol–water partition coefficient (Wildman–Crippen LogP) is 2.18. The summed E-state index contributed by atoms with van der Waals surface area (Å²) in [5.74, 6) is 0. The van der Waals surface area contributed by atoms with Gasteiger partial charge in [-0.2, -0.15) is 0 Å². The Morgan fingerprint density at radius 3 is 1.89 bits per heavy atom. The van der Waals surface area contributed by atoms with Crippen LogP contribution in [0, 0.1) is 0 Å². The molecule has 28 heavy (non-hydrogen) atoms. The quantitative estimate of drug-likeness (QED) is 0.388. The summed E-state index contributed by atoms with van der Waals surface area (Å²) in [6.45, 7) is 1.77. The predicted molar refractivity (Wildman–Crippen MR) is 111 cm³/mol. The van der Waals surface area contributed by atoms with Gasteiger partial charge in [-0.25, -0.2) is 9.13 Å². The molecule has 1 aromatic heterocycles. The van der Waals surface area contributed by atoms with Crippen molar-refractivity contribution >= 4 is 21.5 Å². The number of halogens is 1. The van der Waals surface area contributed by atoms with E-state index in [1.807, 2.05) is 0 Å². The van der Waals surface area contributed by atoms with E-state index in [4.69, 9.17) is 0 Å². The maximum atomic E-state index is 2.28. The fourth-order valence-corrected chi connectivity index (χ4v) is 3.72. The molecule has 0 unspecified atom stereocenters. The van der Waals surface area contributed by atoms with Crippen molar-refractivity contribution in [1.29, 1.82) is 0 Å². The average molecular weight is 429 g/mol. The second-order valence-electron chi connectivity index (χ2n) is 7.12. The second-order valence-corrected chi connectivity index (χ2v) is 7.12. The molecule has 3 heteroatoms. The summed E-state index contributed by atoms with van der Waals surface area (Å²) in [6, 6.07) is 30.4. The topological polar surface area (TPSA) is 8.81 Å². The van der Waals surface area contributed by atoms with Crippen molar-refractivity contribution in [1.82, 2.24) is 4.57 Å². The molecule has 2 nitrogen and oxygen atoms in total. The maximum absolute atomic E-state index is 2.28. The Hall–Kier alpha value is -2.91. The summed E-state index contributed by atoms with van der Waals surface area (Å²) in [6.07, 6.45) is 6.48. The third-order valence-electron chi connectivity index (χ3n) is 5.10. The smallest absolute Gasteiger partial charge is 0.244 e. The van der Waals surface area contributed by atoms with Crippen LogP contribution >= 0.6 is 0 Å². The molecule has 138 valence electrons. The largest absolute Gasteiger partial charge is 1.00 e. The lowest BCUT2D eigenvalue weighted by atomic mass is 10.1. The molecule has 0 aliphatic heterocycles. The molecule has 0 radical (unpaired) electrons. The van der Waals surface area contributed by atoms with E-state index in [2.05, 4.69) is 113 Å². The lowest BCUT2D eigenvalue weighted by Crippen LogP contribution is -3.00. The van der Waals surface area contributed by atoms with Crippen molar-refractivity contribution in [2.45, 2.75) is 13.1 Å². The zero-order valence-corrected chi connectivity index (χ0v) is 17.1. The summed E-state index contributed by atoms with van der Waals surface area (Å²) in [5.41, 5.74) is 2.64. The van der Waals surface area contributed by atoms with Gasteiger partial charge in [-0.05, 0) is 44.8 Å². The second kappa shape index (κ2) is 7.99. The lowest BCUT2D eigenvalue weighted by molar-refractivity contribution is -0.687. The minimum absolute atomic E-state index is 0. The Labute approximate surface area is 175 Å². The third kappa shape index (κ3) is 3.85. The molecule has 0 aliphatic carbocycles. The highest BCUT2D eigenvalue weighted by Crippen LogP contribution is 2.17. The molecule has 0 fully saturated rings. The molecule has 0 atom stereocenters. The van der Waals surface area contributed by atoms with E-state index >= 15 is 0 Å². The van der Waals surface area contributed by atoms with Crippen LogP contribution in [0.25, 0.3) is 21.5 Å². The van der Waals surface area contributed by atoms with Crippen LogP contribution in [0.3, 0.4) is 0 Å². The number of aromatic nitrogens is 2. The van der Waals surface area contributed by atoms with Gasteiger partial charge in [-0.3, -0.25) is 0 Å². The molecule has 0 aliphatic rings. The first-order valence-electron chi connectivity index (χ1n) is 9.34. The van der Waals surface area contributed by atoms with Crippen LogP contribution in [-0.4, -0.2) is 4.57 Å². The number of rotatable bonds is 4. The van der Waals surface area contributed by atoms with Crippen molar-refractivity contribution in [3.63, 3.8) is 0 Å². The van der Waals surface area contributed by atoms with Crippen molar-refractivity contribution < 1.29 is 21.5 Å². The SMILES string of the molecule is [Br-].c1ccc2cc(Cn3cc[n+](Cc4ccc5ccccc5c4)c3)ccc2c1. The standard InChI is InChI=1S/C25H21N2.BrH/c1-3-7-24-15-20(9-11-22(24)5-1)17-26-13-14-27(19-26)18-21-10-12-23-6-2-4-8-25(23)16-21;/h1-16,19H,17-18H2;1H/q+1;/p-1. The van der Waals surface area contributed by atoms with Crippen LogP contribution in [0.15, 0.2) is 104 Å². The molecule has 5 aromatic rings. The Morgan fingerprint density at radius 2 is 1.21 bits per heavy atom. The summed E-state index contributed by atoms with van der Waals surface area (Å²) >= 11 is 0. The number of imidazole rings is 1. The van der Waals surface area contributed by atoms with Crippen LogP contribution in [0.5, 0.6) is 0 Å². The van der Waals surface area contributed by atoms with Gasteiger partial charge in [0.05, 0.1) is 0 Å². The van der Waals surface area contributed by atoms with Crippen LogP contribution in [0.4, 0.5) is 0 Å². The number of benzene rings is 4. The molecule has 5 rings (SSSR count). The third-order valence-corrected chi connectivity index (χ3v) is 5.10. The number of hydrogen-bond acceptors (Lipinski definition) is 0. The minimum atomic E-state index is 0. The van der Waals surface area contributed by atoms with Crippen LogP contribution in [0.2, 0.25) is 0 Å². The van der Waals surface area contributed by atoms with E-state index in [1.165, 1.54) is 32.7 Å². The summed E-state index contributed by atoms with van der Waals surface area (Å²) < 4.78 is 4.48. The Kier molecular flexibility index (Phi) is 5.27. The van der Waals surface area contributed by atoms with Gasteiger partial charge in [0.25, 0.3) is 0 Å². The van der Waals surface area contributed by atoms with Gasteiger partial charge in [0.2, 0.25) is 6.33 Å². The van der Waals surface area contributed by atoms with Gasteiger partial charge in [0, 0.05) is 0 Å². The van der Waals surface area contributed by atoms with Gasteiger partial charge in [-0.1, -0.05) is 72.8 Å². The normalized spacial score (nSPS) is 10.9. The van der Waals surface area contributed by atoms with Gasteiger partial charge >= 0.3 is 0 Å². The first-order valence-corrected chi connectivity index (χ1v) is 9.34. The van der Waals surface area contributed by atoms with Gasteiger partial charge in [-0.15, -0.1) is 0 Å². The molecule has 0 saturated carbocycles. The fourth-order valence-electron chi connectivity index (χ4n) is 3.72. The van der Waals surface area contributed by atoms with E-state index in [-0.39, 0.29) is 17.0 Å². The Morgan fingerprint density at radius 1 is 0.643 bits per heavy atom. The molecular weight excluding hydrogens is 408 g/mol. The molecule has 0 amide bonds. The lowest BCUT2D eigenvalue weighted by Gasteiger charge is -2.02. The van der Waals surface area contributed by atoms with Crippen molar-refractivity contribution in [3.05, 3.63) is 115 Å². The van der Waals surface area contributed by atoms with E-state index in [0.717, 1.165) is 13.1 Å². The van der Waals surface area contributed by atoms with Gasteiger partial charge in [0.1, 0.15) is 25.5 Å². The maximum Gasteiger partial charge on any atom is 0.244 e. The Bertz CT molecular complexity index is 1140. The highest BCUT2D eigenvalue weighted by molar-refractivity contribution is 5.83. The van der Waals surface area contributed by atoms with Crippen molar-refractivity contribution in [2.75, 3.05) is 0 Å². The fraction of sp³-hybridized carbons (Fsp3) is 0.0800. The first kappa shape index (κ1) is 18.5. The molecule has 1 heterocycles. The number of fused-ring (bicyclic) bond motifs is 2. The zero-order valence-electron chi connectivity index (χ0n) is 15.5. The van der Waals surface area contributed by atoms with E-state index in [0.29, 0.717) is 0 Å². The summed E-state index contributed by atoms with van der Waals surface area (Å²) in [5, 5.41) is 5.18. The van der Waals surface area contributed by atoms with Crippen LogP contribution in [0.1, 0.15) is 11.1 Å². The van der Waals surface area contributed by atoms with Crippen molar-refractivity contribution in [3.8, 4) is 0 Å². The Balaban J connectivity index is 0.00000192. The van der Waals surface area contributed by atoms with Crippen LogP contribution in [-0.2, 0) is 13.1 Å². The van der Waals surface area contributed by atoms with E-state index in [1.54, 1.807) is 0 Å². The summed E-state index contributed by atoms with van der Waals surface area (Å²) in [4.78, 5) is 0. The molecule has 0 saturated heterocycles. The molecular formula is C25H21BrN2. The zero-order chi connectivity index (χ0) is 18.1. The molecule has 4 aromatic carbocycles. The highest BCUT2D eigenvalue weighted by atomic mass is 79.9. The van der Waals surface area contributed by atoms with Crippen molar-refractivity contribution in [2.24, 2.45) is 0 Å². The minimum Gasteiger partial charge on any atom is -1.00 e. The molecule has 0 bridgehead atoms. The van der Waals surface area contributed by atoms with Crippen LogP contribution < -0.4 is 21.5 Å². The molecule has 0 N–H and O–H groups in total. The summed E-state index contributed by atoms with van der Waals surface area (Å²) in [7, 11) is 0. The molecule has 0 spiro atoms. The number of nitrogens with zero attached hydrogens (tertiary/aromatic N) is 2. The monoisotopic (exact) mass is 428 g/mol. The van der Waals surface area contributed by atoms with E-state index in [9.17, 15) is 0 Å². The first-order chi connectivity index (χ1) is 13.3. The highest BCUT2D eigenvalue weighted by Gasteiger charge is 2.07. The van der Waals surface area contributed by atoms with Gasteiger partial charge in [0.15, 0.2) is 0 Å². The van der Waals surface area contributed by atoms with Gasteiger partial charge < -0.3 is 17.0 Å². The van der Waals surface area contributed by atoms with E-state index < -0.39 is 0 Å².